The number of amides is 1. The summed E-state index contributed by atoms with van der Waals surface area (Å²) >= 11 is 0. The number of benzene rings is 1. The van der Waals surface area contributed by atoms with Gasteiger partial charge in [0.2, 0.25) is 0 Å². The highest BCUT2D eigenvalue weighted by Gasteiger charge is 2.32. The van der Waals surface area contributed by atoms with Gasteiger partial charge in [-0.1, -0.05) is 0 Å². The summed E-state index contributed by atoms with van der Waals surface area (Å²) in [7, 11) is 0. The normalized spacial score (nSPS) is 25.1. The van der Waals surface area contributed by atoms with Gasteiger partial charge < -0.3 is 10.1 Å². The molecule has 5 heteroatoms. The third kappa shape index (κ3) is 3.23. The minimum atomic E-state index is -0.119. The zero-order chi connectivity index (χ0) is 14.7. The first-order valence-corrected chi connectivity index (χ1v) is 7.40. The lowest BCUT2D eigenvalue weighted by Gasteiger charge is -2.35. The van der Waals surface area contributed by atoms with Gasteiger partial charge >= 0.3 is 0 Å². The van der Waals surface area contributed by atoms with Gasteiger partial charge in [0.05, 0.1) is 24.3 Å². The SMILES string of the molecule is N#Cc1ccc(C(=O)NC[C@@H]2CN3CCC[C@H]3CO2)cc1. The van der Waals surface area contributed by atoms with Gasteiger partial charge in [0.15, 0.2) is 0 Å². The highest BCUT2D eigenvalue weighted by molar-refractivity contribution is 5.94. The van der Waals surface area contributed by atoms with E-state index in [1.54, 1.807) is 24.3 Å². The Morgan fingerprint density at radius 2 is 2.24 bits per heavy atom. The van der Waals surface area contributed by atoms with Crippen molar-refractivity contribution < 1.29 is 9.53 Å². The first-order valence-electron chi connectivity index (χ1n) is 7.40. The van der Waals surface area contributed by atoms with Gasteiger partial charge in [-0.3, -0.25) is 9.69 Å². The number of morpholine rings is 1. The Balaban J connectivity index is 1.50. The number of carbonyl (C=O) groups is 1. The molecule has 2 fully saturated rings. The molecule has 1 aromatic rings. The topological polar surface area (TPSA) is 65.4 Å². The lowest BCUT2D eigenvalue weighted by atomic mass is 10.1. The van der Waals surface area contributed by atoms with Gasteiger partial charge in [-0.15, -0.1) is 0 Å². The molecule has 0 aromatic heterocycles. The summed E-state index contributed by atoms with van der Waals surface area (Å²) in [6, 6.07) is 9.27. The number of ether oxygens (including phenoxy) is 1. The fourth-order valence-electron chi connectivity index (χ4n) is 3.01. The highest BCUT2D eigenvalue weighted by atomic mass is 16.5. The summed E-state index contributed by atoms with van der Waals surface area (Å²) in [6.45, 7) is 3.35. The van der Waals surface area contributed by atoms with Crippen LogP contribution in [-0.4, -0.2) is 49.2 Å². The lowest BCUT2D eigenvalue weighted by Crippen LogP contribution is -2.50. The van der Waals surface area contributed by atoms with Crippen molar-refractivity contribution >= 4 is 5.91 Å². The molecule has 21 heavy (non-hydrogen) atoms. The molecule has 2 aliphatic heterocycles. The third-order valence-electron chi connectivity index (χ3n) is 4.23. The summed E-state index contributed by atoms with van der Waals surface area (Å²) in [5.74, 6) is -0.119. The van der Waals surface area contributed by atoms with E-state index in [9.17, 15) is 4.79 Å². The molecule has 0 saturated carbocycles. The summed E-state index contributed by atoms with van der Waals surface area (Å²) < 4.78 is 5.82. The maximum Gasteiger partial charge on any atom is 0.251 e. The zero-order valence-electron chi connectivity index (χ0n) is 11.9. The van der Waals surface area contributed by atoms with Crippen LogP contribution < -0.4 is 5.32 Å². The summed E-state index contributed by atoms with van der Waals surface area (Å²) in [5.41, 5.74) is 1.13. The molecule has 110 valence electrons. The number of hydrogen-bond acceptors (Lipinski definition) is 4. The van der Waals surface area contributed by atoms with Crippen LogP contribution in [0.4, 0.5) is 0 Å². The Bertz CT molecular complexity index is 550. The fourth-order valence-corrected chi connectivity index (χ4v) is 3.01. The Morgan fingerprint density at radius 1 is 1.43 bits per heavy atom. The number of carbonyl (C=O) groups excluding carboxylic acids is 1. The summed E-state index contributed by atoms with van der Waals surface area (Å²) in [5, 5.41) is 11.7. The standard InChI is InChI=1S/C16H19N3O2/c17-8-12-3-5-13(6-4-12)16(20)18-9-15-10-19-7-1-2-14(19)11-21-15/h3-6,14-15H,1-2,7,9-11H2,(H,18,20)/t14-,15+/m0/s1. The smallest absolute Gasteiger partial charge is 0.251 e. The molecule has 0 radical (unpaired) electrons. The number of fused-ring (bicyclic) bond motifs is 1. The average Bonchev–Trinajstić information content (AvgIpc) is 3.00. The number of nitriles is 1. The third-order valence-corrected chi connectivity index (χ3v) is 4.23. The summed E-state index contributed by atoms with van der Waals surface area (Å²) in [6.07, 6.45) is 2.55. The molecule has 1 N–H and O–H groups in total. The van der Waals surface area contributed by atoms with Crippen LogP contribution in [0.5, 0.6) is 0 Å². The van der Waals surface area contributed by atoms with Crippen LogP contribution >= 0.6 is 0 Å². The molecule has 1 aromatic carbocycles. The van der Waals surface area contributed by atoms with Crippen molar-refractivity contribution in [2.45, 2.75) is 25.0 Å². The quantitative estimate of drug-likeness (QED) is 0.905. The molecule has 2 atom stereocenters. The Labute approximate surface area is 124 Å². The minimum Gasteiger partial charge on any atom is -0.373 e. The van der Waals surface area contributed by atoms with Gasteiger partial charge in [-0.25, -0.2) is 0 Å². The van der Waals surface area contributed by atoms with E-state index < -0.39 is 0 Å². The van der Waals surface area contributed by atoms with E-state index in [2.05, 4.69) is 10.2 Å². The lowest BCUT2D eigenvalue weighted by molar-refractivity contribution is -0.0461. The van der Waals surface area contributed by atoms with Crippen molar-refractivity contribution in [3.63, 3.8) is 0 Å². The van der Waals surface area contributed by atoms with Gasteiger partial charge in [-0.2, -0.15) is 5.26 Å². The van der Waals surface area contributed by atoms with Gasteiger partial charge in [0.25, 0.3) is 5.91 Å². The monoisotopic (exact) mass is 285 g/mol. The maximum absolute atomic E-state index is 12.1. The van der Waals surface area contributed by atoms with Crippen LogP contribution in [0.3, 0.4) is 0 Å². The minimum absolute atomic E-state index is 0.0710. The van der Waals surface area contributed by atoms with E-state index in [0.29, 0.717) is 23.7 Å². The second kappa shape index (κ2) is 6.25. The van der Waals surface area contributed by atoms with Crippen LogP contribution in [0.1, 0.15) is 28.8 Å². The zero-order valence-corrected chi connectivity index (χ0v) is 11.9. The average molecular weight is 285 g/mol. The van der Waals surface area contributed by atoms with Crippen molar-refractivity contribution in [3.8, 4) is 6.07 Å². The number of nitrogens with one attached hydrogen (secondary N) is 1. The summed E-state index contributed by atoms with van der Waals surface area (Å²) in [4.78, 5) is 14.5. The number of hydrogen-bond donors (Lipinski definition) is 1. The molecule has 2 aliphatic rings. The first kappa shape index (κ1) is 14.1. The van der Waals surface area contributed by atoms with Gasteiger partial charge in [-0.05, 0) is 43.7 Å². The van der Waals surface area contributed by atoms with Gasteiger partial charge in [0, 0.05) is 24.7 Å². The van der Waals surface area contributed by atoms with Crippen molar-refractivity contribution in [2.75, 3.05) is 26.2 Å². The Kier molecular flexibility index (Phi) is 4.18. The van der Waals surface area contributed by atoms with Crippen LogP contribution in [0, 0.1) is 11.3 Å². The van der Waals surface area contributed by atoms with E-state index in [0.717, 1.165) is 19.7 Å². The molecule has 2 heterocycles. The Hall–Kier alpha value is -1.90. The molecule has 0 bridgehead atoms. The predicted octanol–water partition coefficient (Wildman–Crippen LogP) is 1.15. The molecule has 0 spiro atoms. The van der Waals surface area contributed by atoms with Crippen molar-refractivity contribution in [1.29, 1.82) is 5.26 Å². The molecule has 3 rings (SSSR count). The van der Waals surface area contributed by atoms with E-state index in [1.165, 1.54) is 12.8 Å². The van der Waals surface area contributed by atoms with E-state index >= 15 is 0 Å². The van der Waals surface area contributed by atoms with Crippen LogP contribution in [0.25, 0.3) is 0 Å². The fraction of sp³-hybridized carbons (Fsp3) is 0.500. The predicted molar refractivity (Wildman–Crippen MR) is 77.8 cm³/mol. The van der Waals surface area contributed by atoms with Crippen LogP contribution in [0.2, 0.25) is 0 Å². The van der Waals surface area contributed by atoms with Gasteiger partial charge in [0.1, 0.15) is 0 Å². The molecule has 0 unspecified atom stereocenters. The largest absolute Gasteiger partial charge is 0.373 e. The molecule has 1 amide bonds. The molecular weight excluding hydrogens is 266 g/mol. The molecular formula is C16H19N3O2. The van der Waals surface area contributed by atoms with E-state index in [1.807, 2.05) is 6.07 Å². The second-order valence-corrected chi connectivity index (χ2v) is 5.65. The Morgan fingerprint density at radius 3 is 3.00 bits per heavy atom. The highest BCUT2D eigenvalue weighted by Crippen LogP contribution is 2.22. The van der Waals surface area contributed by atoms with Crippen molar-refractivity contribution in [2.24, 2.45) is 0 Å². The molecule has 0 aliphatic carbocycles. The van der Waals surface area contributed by atoms with E-state index in [4.69, 9.17) is 10.00 Å². The number of nitrogens with zero attached hydrogens (tertiary/aromatic N) is 2. The van der Waals surface area contributed by atoms with Crippen molar-refractivity contribution in [3.05, 3.63) is 35.4 Å². The van der Waals surface area contributed by atoms with Crippen LogP contribution in [-0.2, 0) is 4.74 Å². The van der Waals surface area contributed by atoms with Crippen LogP contribution in [0.15, 0.2) is 24.3 Å². The first-order chi connectivity index (χ1) is 10.3. The molecule has 5 nitrogen and oxygen atoms in total. The maximum atomic E-state index is 12.1. The van der Waals surface area contributed by atoms with Crippen molar-refractivity contribution in [1.82, 2.24) is 10.2 Å². The molecule has 2 saturated heterocycles. The van der Waals surface area contributed by atoms with E-state index in [-0.39, 0.29) is 12.0 Å². The number of rotatable bonds is 3. The second-order valence-electron chi connectivity index (χ2n) is 5.65.